The van der Waals surface area contributed by atoms with E-state index in [9.17, 15) is 9.59 Å². The van der Waals surface area contributed by atoms with E-state index in [1.54, 1.807) is 13.8 Å². The number of esters is 1. The molecule has 16 heavy (non-hydrogen) atoms. The lowest BCUT2D eigenvalue weighted by molar-refractivity contribution is -0.143. The maximum atomic E-state index is 10.9. The van der Waals surface area contributed by atoms with Crippen molar-refractivity contribution in [1.29, 1.82) is 0 Å². The van der Waals surface area contributed by atoms with Gasteiger partial charge in [-0.05, 0) is 33.1 Å². The maximum Gasteiger partial charge on any atom is 0.508 e. The standard InChI is InChI=1S/C11H20O5/c1-3-14-10(12)8-6-5-7-9-16-11(13)15-4-2/h3-9H2,1-2H3. The zero-order valence-electron chi connectivity index (χ0n) is 9.99. The molecule has 0 rings (SSSR count). The largest absolute Gasteiger partial charge is 0.508 e. The van der Waals surface area contributed by atoms with Crippen LogP contribution < -0.4 is 0 Å². The molecule has 0 N–H and O–H groups in total. The first-order chi connectivity index (χ1) is 7.70. The molecule has 0 aromatic heterocycles. The number of ether oxygens (including phenoxy) is 3. The molecular formula is C11H20O5. The van der Waals surface area contributed by atoms with Crippen LogP contribution in [0.4, 0.5) is 4.79 Å². The van der Waals surface area contributed by atoms with Crippen LogP contribution in [0.3, 0.4) is 0 Å². The van der Waals surface area contributed by atoms with Gasteiger partial charge >= 0.3 is 12.1 Å². The minimum atomic E-state index is -0.632. The van der Waals surface area contributed by atoms with Crippen LogP contribution in [0.15, 0.2) is 0 Å². The fourth-order valence-corrected chi connectivity index (χ4v) is 1.10. The number of carbonyl (C=O) groups excluding carboxylic acids is 2. The Morgan fingerprint density at radius 1 is 0.875 bits per heavy atom. The summed E-state index contributed by atoms with van der Waals surface area (Å²) in [4.78, 5) is 21.7. The molecule has 0 aliphatic carbocycles. The SMILES string of the molecule is CCOC(=O)CCCCCOC(=O)OCC. The van der Waals surface area contributed by atoms with Gasteiger partial charge in [-0.2, -0.15) is 0 Å². The van der Waals surface area contributed by atoms with E-state index in [-0.39, 0.29) is 5.97 Å². The molecule has 5 nitrogen and oxygen atoms in total. The monoisotopic (exact) mass is 232 g/mol. The molecule has 0 aliphatic heterocycles. The summed E-state index contributed by atoms with van der Waals surface area (Å²) in [7, 11) is 0. The Kier molecular flexibility index (Phi) is 9.46. The van der Waals surface area contributed by atoms with Gasteiger partial charge in [-0.1, -0.05) is 0 Å². The summed E-state index contributed by atoms with van der Waals surface area (Å²) in [5.41, 5.74) is 0. The summed E-state index contributed by atoms with van der Waals surface area (Å²) in [6.45, 7) is 4.58. The van der Waals surface area contributed by atoms with Gasteiger partial charge in [0.15, 0.2) is 0 Å². The van der Waals surface area contributed by atoms with Crippen LogP contribution >= 0.6 is 0 Å². The molecule has 94 valence electrons. The van der Waals surface area contributed by atoms with Crippen molar-refractivity contribution in [2.24, 2.45) is 0 Å². The van der Waals surface area contributed by atoms with Crippen molar-refractivity contribution in [2.45, 2.75) is 39.5 Å². The van der Waals surface area contributed by atoms with Crippen LogP contribution in [0.2, 0.25) is 0 Å². The summed E-state index contributed by atoms with van der Waals surface area (Å²) in [6, 6.07) is 0. The lowest BCUT2D eigenvalue weighted by atomic mass is 10.2. The predicted molar refractivity (Wildman–Crippen MR) is 58.1 cm³/mol. The van der Waals surface area contributed by atoms with Gasteiger partial charge in [-0.25, -0.2) is 4.79 Å². The number of hydrogen-bond donors (Lipinski definition) is 0. The van der Waals surface area contributed by atoms with Crippen molar-refractivity contribution in [1.82, 2.24) is 0 Å². The summed E-state index contributed by atoms with van der Waals surface area (Å²) in [5, 5.41) is 0. The van der Waals surface area contributed by atoms with E-state index >= 15 is 0 Å². The average molecular weight is 232 g/mol. The van der Waals surface area contributed by atoms with Gasteiger partial charge in [0.05, 0.1) is 19.8 Å². The van der Waals surface area contributed by atoms with Crippen LogP contribution in [0.1, 0.15) is 39.5 Å². The molecule has 0 heterocycles. The normalized spacial score (nSPS) is 9.62. The number of unbranched alkanes of at least 4 members (excludes halogenated alkanes) is 2. The predicted octanol–water partition coefficient (Wildman–Crippen LogP) is 2.28. The van der Waals surface area contributed by atoms with Gasteiger partial charge in [0.1, 0.15) is 0 Å². The molecule has 0 radical (unpaired) electrons. The Labute approximate surface area is 96.1 Å². The highest BCUT2D eigenvalue weighted by Gasteiger charge is 2.03. The number of rotatable bonds is 8. The second-order valence-corrected chi connectivity index (χ2v) is 3.15. The summed E-state index contributed by atoms with van der Waals surface area (Å²) >= 11 is 0. The fourth-order valence-electron chi connectivity index (χ4n) is 1.10. The summed E-state index contributed by atoms with van der Waals surface area (Å²) < 4.78 is 14.1. The van der Waals surface area contributed by atoms with E-state index in [4.69, 9.17) is 9.47 Å². The molecule has 0 saturated carbocycles. The molecule has 0 spiro atoms. The minimum absolute atomic E-state index is 0.172. The van der Waals surface area contributed by atoms with Gasteiger partial charge in [0.2, 0.25) is 0 Å². The second-order valence-electron chi connectivity index (χ2n) is 3.15. The van der Waals surface area contributed by atoms with Gasteiger partial charge in [-0.15, -0.1) is 0 Å². The Balaban J connectivity index is 3.21. The highest BCUT2D eigenvalue weighted by molar-refractivity contribution is 5.69. The lowest BCUT2D eigenvalue weighted by Gasteiger charge is -2.04. The van der Waals surface area contributed by atoms with Crippen LogP contribution in [-0.2, 0) is 19.0 Å². The number of carbonyl (C=O) groups is 2. The Bertz CT molecular complexity index is 181. The third-order valence-corrected chi connectivity index (χ3v) is 1.81. The molecule has 0 aliphatic rings. The summed E-state index contributed by atoms with van der Waals surface area (Å²) in [6.07, 6.45) is 2.11. The highest BCUT2D eigenvalue weighted by atomic mass is 16.7. The van der Waals surface area contributed by atoms with Crippen molar-refractivity contribution in [3.63, 3.8) is 0 Å². The van der Waals surface area contributed by atoms with Gasteiger partial charge in [-0.3, -0.25) is 4.79 Å². The van der Waals surface area contributed by atoms with E-state index in [1.165, 1.54) is 0 Å². The first-order valence-electron chi connectivity index (χ1n) is 5.65. The summed E-state index contributed by atoms with van der Waals surface area (Å²) in [5.74, 6) is -0.172. The van der Waals surface area contributed by atoms with Crippen LogP contribution in [0, 0.1) is 0 Å². The zero-order valence-corrected chi connectivity index (χ0v) is 9.99. The molecule has 0 unspecified atom stereocenters. The Morgan fingerprint density at radius 2 is 1.56 bits per heavy atom. The lowest BCUT2D eigenvalue weighted by Crippen LogP contribution is -2.08. The van der Waals surface area contributed by atoms with Crippen molar-refractivity contribution in [2.75, 3.05) is 19.8 Å². The van der Waals surface area contributed by atoms with Crippen LogP contribution in [0.5, 0.6) is 0 Å². The molecule has 0 fully saturated rings. The molecule has 5 heteroatoms. The molecule has 0 bridgehead atoms. The van der Waals surface area contributed by atoms with E-state index in [0.29, 0.717) is 26.2 Å². The highest BCUT2D eigenvalue weighted by Crippen LogP contribution is 2.02. The van der Waals surface area contributed by atoms with Crippen molar-refractivity contribution >= 4 is 12.1 Å². The maximum absolute atomic E-state index is 10.9. The third kappa shape index (κ3) is 9.30. The smallest absolute Gasteiger partial charge is 0.466 e. The van der Waals surface area contributed by atoms with Gasteiger partial charge in [0.25, 0.3) is 0 Å². The van der Waals surface area contributed by atoms with E-state index in [0.717, 1.165) is 19.3 Å². The molecule has 0 saturated heterocycles. The quantitative estimate of drug-likeness (QED) is 0.474. The Hall–Kier alpha value is -1.26. The van der Waals surface area contributed by atoms with Crippen molar-refractivity contribution in [3.8, 4) is 0 Å². The van der Waals surface area contributed by atoms with Crippen LogP contribution in [0.25, 0.3) is 0 Å². The van der Waals surface area contributed by atoms with E-state index < -0.39 is 6.16 Å². The van der Waals surface area contributed by atoms with Crippen molar-refractivity contribution in [3.05, 3.63) is 0 Å². The Morgan fingerprint density at radius 3 is 2.19 bits per heavy atom. The fraction of sp³-hybridized carbons (Fsp3) is 0.818. The molecule has 0 aromatic rings. The zero-order chi connectivity index (χ0) is 12.2. The van der Waals surface area contributed by atoms with Gasteiger partial charge < -0.3 is 14.2 Å². The first-order valence-corrected chi connectivity index (χ1v) is 5.65. The van der Waals surface area contributed by atoms with E-state index in [1.807, 2.05) is 0 Å². The average Bonchev–Trinajstić information content (AvgIpc) is 2.24. The molecule has 0 aromatic carbocycles. The third-order valence-electron chi connectivity index (χ3n) is 1.81. The first kappa shape index (κ1) is 14.7. The van der Waals surface area contributed by atoms with Crippen LogP contribution in [-0.4, -0.2) is 31.9 Å². The second kappa shape index (κ2) is 10.3. The number of hydrogen-bond acceptors (Lipinski definition) is 5. The van der Waals surface area contributed by atoms with Gasteiger partial charge in [0, 0.05) is 6.42 Å². The molecule has 0 atom stereocenters. The van der Waals surface area contributed by atoms with E-state index in [2.05, 4.69) is 4.74 Å². The molecular weight excluding hydrogens is 212 g/mol. The topological polar surface area (TPSA) is 61.8 Å². The molecule has 0 amide bonds. The minimum Gasteiger partial charge on any atom is -0.466 e. The van der Waals surface area contributed by atoms with Crippen molar-refractivity contribution < 1.29 is 23.8 Å².